The fourth-order valence-electron chi connectivity index (χ4n) is 1.59. The first-order valence-electron chi connectivity index (χ1n) is 6.20. The van der Waals surface area contributed by atoms with Gasteiger partial charge < -0.3 is 22.5 Å². The van der Waals surface area contributed by atoms with Crippen LogP contribution in [0, 0.1) is 0 Å². The molecule has 0 aliphatic carbocycles. The summed E-state index contributed by atoms with van der Waals surface area (Å²) in [6.45, 7) is 2.30. The summed E-state index contributed by atoms with van der Waals surface area (Å²) >= 11 is 0. The van der Waals surface area contributed by atoms with Gasteiger partial charge in [0.15, 0.2) is 0 Å². The molecule has 0 saturated carbocycles. The molecule has 0 spiro atoms. The molecule has 1 atom stereocenters. The van der Waals surface area contributed by atoms with Gasteiger partial charge in [-0.2, -0.15) is 0 Å². The van der Waals surface area contributed by atoms with Crippen LogP contribution in [0.1, 0.15) is 44.9 Å². The second kappa shape index (κ2) is 11.9. The molecule has 0 radical (unpaired) electrons. The molecule has 4 heteroatoms. The average molecular weight is 216 g/mol. The van der Waals surface area contributed by atoms with Crippen LogP contribution in [0.15, 0.2) is 0 Å². The third-order valence-electron chi connectivity index (χ3n) is 2.52. The first-order chi connectivity index (χ1) is 7.31. The van der Waals surface area contributed by atoms with Crippen molar-refractivity contribution < 1.29 is 0 Å². The lowest BCUT2D eigenvalue weighted by Crippen LogP contribution is -2.39. The smallest absolute Gasteiger partial charge is 0.0546 e. The molecule has 7 N–H and O–H groups in total. The minimum Gasteiger partial charge on any atom is -0.330 e. The van der Waals surface area contributed by atoms with Gasteiger partial charge in [-0.15, -0.1) is 0 Å². The second-order valence-corrected chi connectivity index (χ2v) is 4.05. The quantitative estimate of drug-likeness (QED) is 0.299. The molecule has 0 saturated heterocycles. The highest BCUT2D eigenvalue weighted by Crippen LogP contribution is 2.07. The van der Waals surface area contributed by atoms with Crippen LogP contribution in [0.2, 0.25) is 0 Å². The van der Waals surface area contributed by atoms with Crippen LogP contribution in [0.4, 0.5) is 0 Å². The SMILES string of the molecule is NCCCCCCCCC(N)NCCN. The lowest BCUT2D eigenvalue weighted by atomic mass is 10.1. The molecule has 0 bridgehead atoms. The molecule has 0 fully saturated rings. The third-order valence-corrected chi connectivity index (χ3v) is 2.52. The lowest BCUT2D eigenvalue weighted by Gasteiger charge is -2.12. The predicted molar refractivity (Wildman–Crippen MR) is 66.4 cm³/mol. The Morgan fingerprint density at radius 1 is 0.800 bits per heavy atom. The minimum atomic E-state index is 0.123. The summed E-state index contributed by atoms with van der Waals surface area (Å²) in [5, 5.41) is 3.18. The zero-order chi connectivity index (χ0) is 11.4. The Morgan fingerprint density at radius 3 is 2.00 bits per heavy atom. The Bertz CT molecular complexity index is 119. The molecule has 0 aromatic carbocycles. The molecule has 0 aromatic heterocycles. The highest BCUT2D eigenvalue weighted by molar-refractivity contribution is 4.59. The number of hydrogen-bond acceptors (Lipinski definition) is 4. The van der Waals surface area contributed by atoms with E-state index in [9.17, 15) is 0 Å². The van der Waals surface area contributed by atoms with Crippen LogP contribution in [0.5, 0.6) is 0 Å². The van der Waals surface area contributed by atoms with Crippen molar-refractivity contribution in [1.29, 1.82) is 0 Å². The molecule has 0 heterocycles. The summed E-state index contributed by atoms with van der Waals surface area (Å²) in [7, 11) is 0. The Labute approximate surface area is 94.0 Å². The van der Waals surface area contributed by atoms with E-state index in [2.05, 4.69) is 5.32 Å². The van der Waals surface area contributed by atoms with Gasteiger partial charge in [-0.05, 0) is 19.4 Å². The van der Waals surface area contributed by atoms with Gasteiger partial charge in [0, 0.05) is 13.1 Å². The van der Waals surface area contributed by atoms with E-state index >= 15 is 0 Å². The first-order valence-corrected chi connectivity index (χ1v) is 6.20. The van der Waals surface area contributed by atoms with Crippen LogP contribution >= 0.6 is 0 Å². The van der Waals surface area contributed by atoms with Crippen LogP contribution in [-0.2, 0) is 0 Å². The molecule has 0 rings (SSSR count). The molecule has 15 heavy (non-hydrogen) atoms. The number of rotatable bonds is 11. The van der Waals surface area contributed by atoms with Gasteiger partial charge in [-0.1, -0.05) is 32.1 Å². The highest BCUT2D eigenvalue weighted by atomic mass is 15.0. The zero-order valence-corrected chi connectivity index (χ0v) is 9.88. The molecule has 92 valence electrons. The summed E-state index contributed by atoms with van der Waals surface area (Å²) in [5.41, 5.74) is 16.6. The van der Waals surface area contributed by atoms with Crippen molar-refractivity contribution >= 4 is 0 Å². The molecule has 4 nitrogen and oxygen atoms in total. The van der Waals surface area contributed by atoms with Gasteiger partial charge in [0.2, 0.25) is 0 Å². The summed E-state index contributed by atoms with van der Waals surface area (Å²) in [6.07, 6.45) is 8.72. The van der Waals surface area contributed by atoms with Crippen molar-refractivity contribution in [2.75, 3.05) is 19.6 Å². The van der Waals surface area contributed by atoms with Gasteiger partial charge >= 0.3 is 0 Å². The molecular formula is C11H28N4. The van der Waals surface area contributed by atoms with E-state index in [1.54, 1.807) is 0 Å². The number of unbranched alkanes of at least 4 members (excludes halogenated alkanes) is 5. The van der Waals surface area contributed by atoms with Gasteiger partial charge in [-0.3, -0.25) is 0 Å². The average Bonchev–Trinajstić information content (AvgIpc) is 2.25. The van der Waals surface area contributed by atoms with Crippen molar-refractivity contribution in [3.63, 3.8) is 0 Å². The fourth-order valence-corrected chi connectivity index (χ4v) is 1.59. The van der Waals surface area contributed by atoms with Crippen molar-refractivity contribution in [3.8, 4) is 0 Å². The second-order valence-electron chi connectivity index (χ2n) is 4.05. The summed E-state index contributed by atoms with van der Waals surface area (Å²) in [4.78, 5) is 0. The van der Waals surface area contributed by atoms with Crippen molar-refractivity contribution in [1.82, 2.24) is 5.32 Å². The Balaban J connectivity index is 3.02. The van der Waals surface area contributed by atoms with E-state index in [1.807, 2.05) is 0 Å². The number of nitrogens with one attached hydrogen (secondary N) is 1. The first kappa shape index (κ1) is 14.8. The Hall–Kier alpha value is -0.160. The standard InChI is InChI=1S/C11H28N4/c12-8-6-4-2-1-3-5-7-11(14)15-10-9-13/h11,15H,1-10,12-14H2. The van der Waals surface area contributed by atoms with Gasteiger partial charge in [0.1, 0.15) is 0 Å². The van der Waals surface area contributed by atoms with E-state index < -0.39 is 0 Å². The number of nitrogens with two attached hydrogens (primary N) is 3. The van der Waals surface area contributed by atoms with Crippen molar-refractivity contribution in [3.05, 3.63) is 0 Å². The normalized spacial score (nSPS) is 13.0. The Morgan fingerprint density at radius 2 is 1.40 bits per heavy atom. The van der Waals surface area contributed by atoms with Gasteiger partial charge in [0.25, 0.3) is 0 Å². The molecule has 0 aliphatic rings. The highest BCUT2D eigenvalue weighted by Gasteiger charge is 1.99. The van der Waals surface area contributed by atoms with Crippen molar-refractivity contribution in [2.45, 2.75) is 51.1 Å². The molecule has 0 amide bonds. The van der Waals surface area contributed by atoms with E-state index in [4.69, 9.17) is 17.2 Å². The van der Waals surface area contributed by atoms with E-state index in [1.165, 1.54) is 32.1 Å². The summed E-state index contributed by atoms with van der Waals surface area (Å²) < 4.78 is 0. The third kappa shape index (κ3) is 11.8. The van der Waals surface area contributed by atoms with Gasteiger partial charge in [0.05, 0.1) is 6.17 Å². The van der Waals surface area contributed by atoms with Gasteiger partial charge in [-0.25, -0.2) is 0 Å². The molecule has 0 aliphatic heterocycles. The summed E-state index contributed by atoms with van der Waals surface area (Å²) in [6, 6.07) is 0. The van der Waals surface area contributed by atoms with Crippen LogP contribution in [0.3, 0.4) is 0 Å². The lowest BCUT2D eigenvalue weighted by molar-refractivity contribution is 0.468. The minimum absolute atomic E-state index is 0.123. The van der Waals surface area contributed by atoms with Crippen LogP contribution in [0.25, 0.3) is 0 Å². The molecule has 0 aromatic rings. The van der Waals surface area contributed by atoms with Crippen molar-refractivity contribution in [2.24, 2.45) is 17.2 Å². The zero-order valence-electron chi connectivity index (χ0n) is 9.88. The maximum atomic E-state index is 5.84. The largest absolute Gasteiger partial charge is 0.330 e. The predicted octanol–water partition coefficient (Wildman–Crippen LogP) is 0.509. The van der Waals surface area contributed by atoms with Crippen LogP contribution < -0.4 is 22.5 Å². The van der Waals surface area contributed by atoms with Crippen LogP contribution in [-0.4, -0.2) is 25.8 Å². The van der Waals surface area contributed by atoms with E-state index in [-0.39, 0.29) is 6.17 Å². The summed E-state index contributed by atoms with van der Waals surface area (Å²) in [5.74, 6) is 0. The fraction of sp³-hybridized carbons (Fsp3) is 1.00. The topological polar surface area (TPSA) is 90.1 Å². The van der Waals surface area contributed by atoms with E-state index in [0.29, 0.717) is 6.54 Å². The Kier molecular flexibility index (Phi) is 11.8. The molecule has 1 unspecified atom stereocenters. The monoisotopic (exact) mass is 216 g/mol. The maximum absolute atomic E-state index is 5.84. The van der Waals surface area contributed by atoms with E-state index in [0.717, 1.165) is 25.9 Å². The maximum Gasteiger partial charge on any atom is 0.0546 e. The molecular weight excluding hydrogens is 188 g/mol. The number of hydrogen-bond donors (Lipinski definition) is 4.